The van der Waals surface area contributed by atoms with Crippen molar-refractivity contribution in [3.63, 3.8) is 0 Å². The van der Waals surface area contributed by atoms with E-state index in [-0.39, 0.29) is 11.7 Å². The number of rotatable bonds is 2. The van der Waals surface area contributed by atoms with E-state index in [2.05, 4.69) is 15.3 Å². The number of nitrogens with zero attached hydrogens (tertiary/aromatic N) is 1. The Morgan fingerprint density at radius 2 is 1.75 bits per heavy atom. The predicted octanol–water partition coefficient (Wildman–Crippen LogP) is 4.42. The van der Waals surface area contributed by atoms with Crippen LogP contribution in [0.2, 0.25) is 0 Å². The second-order valence-electron chi connectivity index (χ2n) is 5.71. The molecule has 2 heterocycles. The maximum atomic E-state index is 12.9. The van der Waals surface area contributed by atoms with Gasteiger partial charge in [0, 0.05) is 22.2 Å². The van der Waals surface area contributed by atoms with Crippen molar-refractivity contribution in [2.24, 2.45) is 0 Å². The first kappa shape index (κ1) is 14.4. The molecule has 0 atom stereocenters. The van der Waals surface area contributed by atoms with Crippen molar-refractivity contribution < 1.29 is 9.18 Å². The minimum atomic E-state index is -0.345. The van der Waals surface area contributed by atoms with Crippen LogP contribution < -0.4 is 5.32 Å². The summed E-state index contributed by atoms with van der Waals surface area (Å²) in [6.07, 6.45) is 0. The number of halogens is 1. The fraction of sp³-hybridized carbons (Fsp3) is 0.0526. The lowest BCUT2D eigenvalue weighted by Crippen LogP contribution is -2.12. The monoisotopic (exact) mass is 319 g/mol. The molecule has 4 rings (SSSR count). The van der Waals surface area contributed by atoms with Gasteiger partial charge in [-0.25, -0.2) is 9.37 Å². The zero-order valence-corrected chi connectivity index (χ0v) is 12.9. The molecule has 24 heavy (non-hydrogen) atoms. The molecule has 0 unspecified atom stereocenters. The van der Waals surface area contributed by atoms with E-state index in [1.54, 1.807) is 6.07 Å². The molecule has 5 heteroatoms. The first-order valence-electron chi connectivity index (χ1n) is 7.56. The number of H-pyrrole nitrogens is 1. The lowest BCUT2D eigenvalue weighted by molar-refractivity contribution is 0.102. The van der Waals surface area contributed by atoms with Crippen LogP contribution in [-0.4, -0.2) is 15.9 Å². The number of fused-ring (bicyclic) bond motifs is 3. The van der Waals surface area contributed by atoms with Crippen molar-refractivity contribution in [1.29, 1.82) is 0 Å². The van der Waals surface area contributed by atoms with E-state index in [0.717, 1.165) is 27.5 Å². The zero-order chi connectivity index (χ0) is 16.7. The summed E-state index contributed by atoms with van der Waals surface area (Å²) in [7, 11) is 0. The Morgan fingerprint density at radius 1 is 1.04 bits per heavy atom. The first-order chi connectivity index (χ1) is 11.6. The topological polar surface area (TPSA) is 57.8 Å². The van der Waals surface area contributed by atoms with Crippen molar-refractivity contribution in [2.45, 2.75) is 6.92 Å². The van der Waals surface area contributed by atoms with Gasteiger partial charge in [-0.15, -0.1) is 0 Å². The summed E-state index contributed by atoms with van der Waals surface area (Å²) < 4.78 is 12.9. The van der Waals surface area contributed by atoms with E-state index in [9.17, 15) is 9.18 Å². The Hall–Kier alpha value is -3.21. The van der Waals surface area contributed by atoms with Crippen molar-refractivity contribution in [1.82, 2.24) is 9.97 Å². The van der Waals surface area contributed by atoms with Gasteiger partial charge in [0.2, 0.25) is 0 Å². The number of hydrogen-bond acceptors (Lipinski definition) is 2. The van der Waals surface area contributed by atoms with Gasteiger partial charge in [0.15, 0.2) is 0 Å². The van der Waals surface area contributed by atoms with Gasteiger partial charge in [0.05, 0.1) is 11.0 Å². The van der Waals surface area contributed by atoms with Crippen molar-refractivity contribution in [3.8, 4) is 0 Å². The summed E-state index contributed by atoms with van der Waals surface area (Å²) in [5.41, 5.74) is 3.56. The molecule has 0 radical (unpaired) electrons. The summed E-state index contributed by atoms with van der Waals surface area (Å²) >= 11 is 0. The average Bonchev–Trinajstić information content (AvgIpc) is 3.02. The van der Waals surface area contributed by atoms with Crippen LogP contribution in [0, 0.1) is 12.7 Å². The molecule has 0 saturated carbocycles. The number of carbonyl (C=O) groups excluding carboxylic acids is 1. The molecule has 0 saturated heterocycles. The SMILES string of the molecule is Cc1ccc2ccc3cc(C(=O)Nc4ccc(F)cc4)nc3c2[nH]1. The fourth-order valence-corrected chi connectivity index (χ4v) is 2.73. The minimum Gasteiger partial charge on any atom is -0.357 e. The first-order valence-corrected chi connectivity index (χ1v) is 7.56. The van der Waals surface area contributed by atoms with E-state index in [1.165, 1.54) is 24.3 Å². The molecule has 2 aromatic carbocycles. The van der Waals surface area contributed by atoms with Crippen LogP contribution in [-0.2, 0) is 0 Å². The smallest absolute Gasteiger partial charge is 0.274 e. The molecular formula is C19H14FN3O. The summed E-state index contributed by atoms with van der Waals surface area (Å²) in [6, 6.07) is 15.4. The van der Waals surface area contributed by atoms with Gasteiger partial charge < -0.3 is 10.3 Å². The number of nitrogens with one attached hydrogen (secondary N) is 2. The molecular weight excluding hydrogens is 305 g/mol. The minimum absolute atomic E-state index is 0.321. The number of pyridine rings is 1. The number of benzene rings is 2. The Morgan fingerprint density at radius 3 is 2.54 bits per heavy atom. The van der Waals surface area contributed by atoms with E-state index < -0.39 is 0 Å². The molecule has 0 aliphatic carbocycles. The van der Waals surface area contributed by atoms with Crippen LogP contribution >= 0.6 is 0 Å². The highest BCUT2D eigenvalue weighted by Crippen LogP contribution is 2.25. The van der Waals surface area contributed by atoms with E-state index >= 15 is 0 Å². The van der Waals surface area contributed by atoms with Gasteiger partial charge in [0.25, 0.3) is 5.91 Å². The van der Waals surface area contributed by atoms with Crippen molar-refractivity contribution >= 4 is 33.4 Å². The Bertz CT molecular complexity index is 1070. The molecule has 2 N–H and O–H groups in total. The summed E-state index contributed by atoms with van der Waals surface area (Å²) in [5.74, 6) is -0.666. The van der Waals surface area contributed by atoms with Gasteiger partial charge in [-0.3, -0.25) is 4.79 Å². The molecule has 0 spiro atoms. The maximum Gasteiger partial charge on any atom is 0.274 e. The zero-order valence-electron chi connectivity index (χ0n) is 12.9. The molecule has 1 amide bonds. The normalized spacial score (nSPS) is 11.1. The lowest BCUT2D eigenvalue weighted by Gasteiger charge is -2.02. The molecule has 0 aliphatic heterocycles. The predicted molar refractivity (Wildman–Crippen MR) is 92.7 cm³/mol. The Balaban J connectivity index is 1.74. The van der Waals surface area contributed by atoms with Crippen molar-refractivity contribution in [3.05, 3.63) is 71.8 Å². The highest BCUT2D eigenvalue weighted by Gasteiger charge is 2.13. The number of aromatic nitrogens is 2. The third-order valence-corrected chi connectivity index (χ3v) is 3.94. The molecule has 0 aliphatic rings. The standard InChI is InChI=1S/C19H14FN3O/c1-11-2-3-12-4-5-13-10-16(23-18(13)17(12)21-11)19(24)22-15-8-6-14(20)7-9-15/h2-10,21H,1H3,(H,22,24). The maximum absolute atomic E-state index is 12.9. The van der Waals surface area contributed by atoms with Gasteiger partial charge in [-0.05, 0) is 43.3 Å². The van der Waals surface area contributed by atoms with Gasteiger partial charge in [-0.1, -0.05) is 18.2 Å². The number of hydrogen-bond donors (Lipinski definition) is 2. The Labute approximate surface area is 137 Å². The largest absolute Gasteiger partial charge is 0.357 e. The summed E-state index contributed by atoms with van der Waals surface area (Å²) in [4.78, 5) is 20.2. The van der Waals surface area contributed by atoms with E-state index in [1.807, 2.05) is 31.2 Å². The van der Waals surface area contributed by atoms with Crippen LogP contribution in [0.15, 0.2) is 54.6 Å². The fourth-order valence-electron chi connectivity index (χ4n) is 2.73. The van der Waals surface area contributed by atoms with E-state index in [4.69, 9.17) is 0 Å². The molecule has 118 valence electrons. The highest BCUT2D eigenvalue weighted by molar-refractivity contribution is 6.10. The van der Waals surface area contributed by atoms with Crippen LogP contribution in [0.1, 0.15) is 16.2 Å². The summed E-state index contributed by atoms with van der Waals surface area (Å²) in [6.45, 7) is 1.98. The van der Waals surface area contributed by atoms with Crippen LogP contribution in [0.25, 0.3) is 21.8 Å². The van der Waals surface area contributed by atoms with Crippen molar-refractivity contribution in [2.75, 3.05) is 5.32 Å². The third kappa shape index (κ3) is 2.50. The molecule has 4 aromatic rings. The van der Waals surface area contributed by atoms with Gasteiger partial charge in [-0.2, -0.15) is 0 Å². The van der Waals surface area contributed by atoms with Crippen LogP contribution in [0.3, 0.4) is 0 Å². The van der Waals surface area contributed by atoms with E-state index in [0.29, 0.717) is 11.4 Å². The number of anilines is 1. The lowest BCUT2D eigenvalue weighted by atomic mass is 10.1. The highest BCUT2D eigenvalue weighted by atomic mass is 19.1. The second-order valence-corrected chi connectivity index (χ2v) is 5.71. The molecule has 4 nitrogen and oxygen atoms in total. The van der Waals surface area contributed by atoms with Crippen LogP contribution in [0.4, 0.5) is 10.1 Å². The summed E-state index contributed by atoms with van der Waals surface area (Å²) in [5, 5.41) is 4.66. The third-order valence-electron chi connectivity index (χ3n) is 3.94. The molecule has 0 bridgehead atoms. The van der Waals surface area contributed by atoms with Crippen LogP contribution in [0.5, 0.6) is 0 Å². The average molecular weight is 319 g/mol. The number of amides is 1. The number of aryl methyl sites for hydroxylation is 1. The van der Waals surface area contributed by atoms with Gasteiger partial charge >= 0.3 is 0 Å². The molecule has 0 fully saturated rings. The number of carbonyl (C=O) groups is 1. The van der Waals surface area contributed by atoms with Gasteiger partial charge in [0.1, 0.15) is 11.5 Å². The molecule has 2 aromatic heterocycles. The quantitative estimate of drug-likeness (QED) is 0.575. The Kier molecular flexibility index (Phi) is 3.27. The number of aromatic amines is 1. The second kappa shape index (κ2) is 5.45.